The van der Waals surface area contributed by atoms with E-state index in [-0.39, 0.29) is 6.04 Å². The molecule has 5 heteroatoms. The topological polar surface area (TPSA) is 55.9 Å². The van der Waals surface area contributed by atoms with Crippen LogP contribution in [0.25, 0.3) is 0 Å². The second-order valence-corrected chi connectivity index (χ2v) is 8.27. The molecule has 4 nitrogen and oxygen atoms in total. The van der Waals surface area contributed by atoms with E-state index in [0.29, 0.717) is 5.92 Å². The van der Waals surface area contributed by atoms with Crippen LogP contribution in [0.5, 0.6) is 0 Å². The summed E-state index contributed by atoms with van der Waals surface area (Å²) in [7, 11) is 1.93. The van der Waals surface area contributed by atoms with Gasteiger partial charge in [0.15, 0.2) is 0 Å². The zero-order chi connectivity index (χ0) is 18.6. The van der Waals surface area contributed by atoms with Crippen LogP contribution in [0.15, 0.2) is 65.8 Å². The van der Waals surface area contributed by atoms with Gasteiger partial charge in [0.1, 0.15) is 0 Å². The first-order chi connectivity index (χ1) is 13.2. The van der Waals surface area contributed by atoms with Crippen LogP contribution in [0.1, 0.15) is 34.6 Å². The lowest BCUT2D eigenvalue weighted by Gasteiger charge is -2.32. The Morgan fingerprint density at radius 3 is 2.81 bits per heavy atom. The maximum atomic E-state index is 6.54. The lowest BCUT2D eigenvalue weighted by molar-refractivity contribution is 0.467. The Kier molecular flexibility index (Phi) is 5.62. The van der Waals surface area contributed by atoms with Crippen LogP contribution in [0, 0.1) is 0 Å². The molecule has 1 aromatic heterocycles. The third-order valence-electron chi connectivity index (χ3n) is 5.32. The maximum absolute atomic E-state index is 6.54. The Labute approximate surface area is 165 Å². The minimum absolute atomic E-state index is 0.227. The first-order valence-corrected chi connectivity index (χ1v) is 10.3. The first-order valence-electron chi connectivity index (χ1n) is 9.48. The normalized spacial score (nSPS) is 19.0. The Balaban J connectivity index is 1.48. The van der Waals surface area contributed by atoms with Crippen molar-refractivity contribution < 1.29 is 0 Å². The van der Waals surface area contributed by atoms with E-state index in [4.69, 9.17) is 5.73 Å². The molecular formula is C22H26N4S. The third-order valence-corrected chi connectivity index (χ3v) is 6.05. The van der Waals surface area contributed by atoms with E-state index in [1.54, 1.807) is 11.9 Å². The number of aryl methyl sites for hydroxylation is 2. The predicted octanol–water partition coefficient (Wildman–Crippen LogP) is 3.82. The maximum Gasteiger partial charge on any atom is 0.0639 e. The number of nitrogens with zero attached hydrogens (tertiary/aromatic N) is 2. The van der Waals surface area contributed by atoms with Gasteiger partial charge >= 0.3 is 0 Å². The Hall–Kier alpha value is -2.08. The lowest BCUT2D eigenvalue weighted by atomic mass is 9.76. The minimum Gasteiger partial charge on any atom is -0.327 e. The molecule has 0 saturated carbocycles. The van der Waals surface area contributed by atoms with Crippen molar-refractivity contribution in [2.45, 2.75) is 42.7 Å². The highest BCUT2D eigenvalue weighted by atomic mass is 32.2. The van der Waals surface area contributed by atoms with E-state index >= 15 is 0 Å². The third kappa shape index (κ3) is 4.43. The molecule has 0 radical (unpaired) electrons. The summed E-state index contributed by atoms with van der Waals surface area (Å²) < 4.78 is 5.26. The summed E-state index contributed by atoms with van der Waals surface area (Å²) in [6.45, 7) is 0.820. The van der Waals surface area contributed by atoms with E-state index in [1.165, 1.54) is 22.3 Å². The van der Waals surface area contributed by atoms with Crippen LogP contribution in [0.3, 0.4) is 0 Å². The van der Waals surface area contributed by atoms with Gasteiger partial charge in [0.25, 0.3) is 0 Å². The molecule has 0 bridgehead atoms. The second kappa shape index (κ2) is 8.30. The molecule has 0 aliphatic heterocycles. The van der Waals surface area contributed by atoms with Crippen molar-refractivity contribution >= 4 is 11.9 Å². The van der Waals surface area contributed by atoms with Gasteiger partial charge in [0, 0.05) is 31.7 Å². The monoisotopic (exact) mass is 378 g/mol. The lowest BCUT2D eigenvalue weighted by Crippen LogP contribution is -2.34. The predicted molar refractivity (Wildman–Crippen MR) is 112 cm³/mol. The SMILES string of the molecule is Cn1cc(SNCc2ccc3c(c2)C(Cc2ccccc2)C(N)CC3)cn1. The molecular weight excluding hydrogens is 352 g/mol. The summed E-state index contributed by atoms with van der Waals surface area (Å²) >= 11 is 1.62. The standard InChI is InChI=1S/C22H26N4S/c1-26-15-19(14-24-26)27-25-13-17-7-8-18-9-10-22(23)21(20(18)12-17)11-16-5-3-2-4-6-16/h2-8,12,14-15,21-22,25H,9-11,13,23H2,1H3. The fourth-order valence-electron chi connectivity index (χ4n) is 3.86. The number of fused-ring (bicyclic) bond motifs is 1. The zero-order valence-electron chi connectivity index (χ0n) is 15.6. The average molecular weight is 379 g/mol. The van der Waals surface area contributed by atoms with Crippen molar-refractivity contribution in [3.05, 3.63) is 83.2 Å². The molecule has 3 aromatic rings. The summed E-state index contributed by atoms with van der Waals surface area (Å²) in [6.07, 6.45) is 7.05. The van der Waals surface area contributed by atoms with Crippen molar-refractivity contribution in [2.24, 2.45) is 12.8 Å². The summed E-state index contributed by atoms with van der Waals surface area (Å²) in [6, 6.07) is 17.8. The summed E-state index contributed by atoms with van der Waals surface area (Å²) in [5, 5.41) is 4.20. The summed E-state index contributed by atoms with van der Waals surface area (Å²) in [4.78, 5) is 1.12. The molecule has 4 rings (SSSR count). The number of rotatable bonds is 6. The van der Waals surface area contributed by atoms with Gasteiger partial charge in [-0.25, -0.2) is 0 Å². The Morgan fingerprint density at radius 1 is 1.19 bits per heavy atom. The van der Waals surface area contributed by atoms with Crippen LogP contribution in [-0.4, -0.2) is 15.8 Å². The van der Waals surface area contributed by atoms with Crippen molar-refractivity contribution in [3.63, 3.8) is 0 Å². The molecule has 2 atom stereocenters. The van der Waals surface area contributed by atoms with E-state index in [9.17, 15) is 0 Å². The van der Waals surface area contributed by atoms with Gasteiger partial charge in [-0.1, -0.05) is 48.5 Å². The van der Waals surface area contributed by atoms with Crippen LogP contribution >= 0.6 is 11.9 Å². The summed E-state index contributed by atoms with van der Waals surface area (Å²) in [5.74, 6) is 0.391. The van der Waals surface area contributed by atoms with E-state index in [0.717, 1.165) is 30.7 Å². The van der Waals surface area contributed by atoms with E-state index in [2.05, 4.69) is 58.4 Å². The van der Waals surface area contributed by atoms with Gasteiger partial charge in [-0.05, 0) is 53.5 Å². The Morgan fingerprint density at radius 2 is 2.04 bits per heavy atom. The van der Waals surface area contributed by atoms with Crippen LogP contribution < -0.4 is 10.5 Å². The van der Waals surface area contributed by atoms with Crippen LogP contribution in [0.2, 0.25) is 0 Å². The van der Waals surface area contributed by atoms with Crippen molar-refractivity contribution in [3.8, 4) is 0 Å². The molecule has 1 aliphatic rings. The molecule has 2 unspecified atom stereocenters. The molecule has 0 spiro atoms. The number of nitrogens with one attached hydrogen (secondary N) is 1. The molecule has 1 heterocycles. The van der Waals surface area contributed by atoms with Gasteiger partial charge in [-0.3, -0.25) is 9.40 Å². The van der Waals surface area contributed by atoms with E-state index in [1.807, 2.05) is 24.1 Å². The molecule has 0 saturated heterocycles. The van der Waals surface area contributed by atoms with E-state index < -0.39 is 0 Å². The van der Waals surface area contributed by atoms with Gasteiger partial charge in [0.05, 0.1) is 11.1 Å². The van der Waals surface area contributed by atoms with Gasteiger partial charge in [-0.15, -0.1) is 0 Å². The number of nitrogens with two attached hydrogens (primary N) is 1. The quantitative estimate of drug-likeness (QED) is 0.640. The van der Waals surface area contributed by atoms with Crippen molar-refractivity contribution in [2.75, 3.05) is 0 Å². The Bertz CT molecular complexity index is 890. The second-order valence-electron chi connectivity index (χ2n) is 7.30. The largest absolute Gasteiger partial charge is 0.327 e. The highest BCUT2D eigenvalue weighted by Gasteiger charge is 2.27. The number of benzene rings is 2. The van der Waals surface area contributed by atoms with Gasteiger partial charge < -0.3 is 5.73 Å². The van der Waals surface area contributed by atoms with Gasteiger partial charge in [0.2, 0.25) is 0 Å². The van der Waals surface area contributed by atoms with Crippen molar-refractivity contribution in [1.29, 1.82) is 0 Å². The molecule has 2 aromatic carbocycles. The highest BCUT2D eigenvalue weighted by molar-refractivity contribution is 7.97. The fraction of sp³-hybridized carbons (Fsp3) is 0.318. The zero-order valence-corrected chi connectivity index (χ0v) is 16.5. The average Bonchev–Trinajstić information content (AvgIpc) is 3.10. The van der Waals surface area contributed by atoms with Gasteiger partial charge in [-0.2, -0.15) is 5.10 Å². The van der Waals surface area contributed by atoms with Crippen molar-refractivity contribution in [1.82, 2.24) is 14.5 Å². The molecule has 27 heavy (non-hydrogen) atoms. The van der Waals surface area contributed by atoms with Crippen LogP contribution in [-0.2, 0) is 26.4 Å². The summed E-state index contributed by atoms with van der Waals surface area (Å²) in [5.41, 5.74) is 12.1. The molecule has 0 amide bonds. The fourth-order valence-corrected chi connectivity index (χ4v) is 4.58. The number of aromatic nitrogens is 2. The smallest absolute Gasteiger partial charge is 0.0639 e. The molecule has 3 N–H and O–H groups in total. The molecule has 140 valence electrons. The van der Waals surface area contributed by atoms with Crippen LogP contribution in [0.4, 0.5) is 0 Å². The minimum atomic E-state index is 0.227. The molecule has 0 fully saturated rings. The molecule has 1 aliphatic carbocycles. The number of hydrogen-bond donors (Lipinski definition) is 2. The first kappa shape index (κ1) is 18.3. The highest BCUT2D eigenvalue weighted by Crippen LogP contribution is 2.34. The number of hydrogen-bond acceptors (Lipinski definition) is 4.